The summed E-state index contributed by atoms with van der Waals surface area (Å²) in [5.41, 5.74) is 2.43. The Hall–Kier alpha value is -3.37. The first kappa shape index (κ1) is 18.6. The standard InChI is InChI=1S/C23H23N5O2/c24-14-16-2-1-3-18(12-16)26-22-13-20(6-9-25-22)30-21-15-28(19-4-5-19)27-23(21)17-7-10-29-11-8-17/h1-3,6,9,12-13,15,17,19H,4-5,7-8,10-11H2,(H,25,26). The summed E-state index contributed by atoms with van der Waals surface area (Å²) in [7, 11) is 0. The molecule has 152 valence electrons. The molecule has 3 heterocycles. The fourth-order valence-electron chi connectivity index (χ4n) is 3.73. The minimum Gasteiger partial charge on any atom is -0.454 e. The number of ether oxygens (including phenoxy) is 2. The lowest BCUT2D eigenvalue weighted by Gasteiger charge is -2.21. The molecule has 5 rings (SSSR count). The average Bonchev–Trinajstić information content (AvgIpc) is 3.55. The summed E-state index contributed by atoms with van der Waals surface area (Å²) in [6, 6.07) is 13.7. The molecule has 0 unspecified atom stereocenters. The molecule has 0 radical (unpaired) electrons. The van der Waals surface area contributed by atoms with Gasteiger partial charge in [-0.15, -0.1) is 0 Å². The Morgan fingerprint density at radius 1 is 1.13 bits per heavy atom. The van der Waals surface area contributed by atoms with Crippen LogP contribution in [0, 0.1) is 11.3 Å². The Labute approximate surface area is 175 Å². The van der Waals surface area contributed by atoms with E-state index in [4.69, 9.17) is 19.8 Å². The van der Waals surface area contributed by atoms with Crippen LogP contribution >= 0.6 is 0 Å². The zero-order valence-corrected chi connectivity index (χ0v) is 16.6. The monoisotopic (exact) mass is 401 g/mol. The van der Waals surface area contributed by atoms with E-state index in [1.165, 1.54) is 12.8 Å². The van der Waals surface area contributed by atoms with Crippen LogP contribution in [0.5, 0.6) is 11.5 Å². The van der Waals surface area contributed by atoms with E-state index in [-0.39, 0.29) is 0 Å². The maximum absolute atomic E-state index is 9.09. The molecule has 7 nitrogen and oxygen atoms in total. The minimum atomic E-state index is 0.363. The van der Waals surface area contributed by atoms with Gasteiger partial charge in [-0.25, -0.2) is 4.98 Å². The van der Waals surface area contributed by atoms with Crippen molar-refractivity contribution in [1.29, 1.82) is 5.26 Å². The first-order valence-electron chi connectivity index (χ1n) is 10.4. The van der Waals surface area contributed by atoms with Gasteiger partial charge < -0.3 is 14.8 Å². The van der Waals surface area contributed by atoms with Crippen molar-refractivity contribution in [3.8, 4) is 17.6 Å². The highest BCUT2D eigenvalue weighted by atomic mass is 16.5. The van der Waals surface area contributed by atoms with Crippen molar-refractivity contribution in [2.45, 2.75) is 37.6 Å². The summed E-state index contributed by atoms with van der Waals surface area (Å²) < 4.78 is 13.9. The largest absolute Gasteiger partial charge is 0.454 e. The Balaban J connectivity index is 1.38. The Kier molecular flexibility index (Phi) is 5.08. The van der Waals surface area contributed by atoms with Gasteiger partial charge in [0.15, 0.2) is 5.75 Å². The fourth-order valence-corrected chi connectivity index (χ4v) is 3.73. The predicted molar refractivity (Wildman–Crippen MR) is 112 cm³/mol. The van der Waals surface area contributed by atoms with Crippen molar-refractivity contribution in [2.24, 2.45) is 0 Å². The highest BCUT2D eigenvalue weighted by molar-refractivity contribution is 5.59. The second kappa shape index (κ2) is 8.17. The van der Waals surface area contributed by atoms with Crippen LogP contribution in [-0.2, 0) is 4.74 Å². The number of nitrogens with zero attached hydrogens (tertiary/aromatic N) is 4. The average molecular weight is 401 g/mol. The molecular formula is C23H23N5O2. The van der Waals surface area contributed by atoms with Gasteiger partial charge in [0.1, 0.15) is 17.3 Å². The topological polar surface area (TPSA) is 85.0 Å². The Morgan fingerprint density at radius 2 is 2.00 bits per heavy atom. The molecule has 0 atom stereocenters. The van der Waals surface area contributed by atoms with Crippen LogP contribution in [0.2, 0.25) is 0 Å². The van der Waals surface area contributed by atoms with Crippen molar-refractivity contribution in [1.82, 2.24) is 14.8 Å². The van der Waals surface area contributed by atoms with Gasteiger partial charge in [-0.3, -0.25) is 4.68 Å². The van der Waals surface area contributed by atoms with E-state index >= 15 is 0 Å². The van der Waals surface area contributed by atoms with Gasteiger partial charge in [0.2, 0.25) is 0 Å². The maximum atomic E-state index is 9.09. The maximum Gasteiger partial charge on any atom is 0.168 e. The van der Waals surface area contributed by atoms with Crippen molar-refractivity contribution in [2.75, 3.05) is 18.5 Å². The van der Waals surface area contributed by atoms with Crippen LogP contribution in [0.25, 0.3) is 0 Å². The molecule has 3 aromatic rings. The number of nitrogens with one attached hydrogen (secondary N) is 1. The van der Waals surface area contributed by atoms with E-state index in [9.17, 15) is 0 Å². The molecule has 2 aromatic heterocycles. The lowest BCUT2D eigenvalue weighted by Crippen LogP contribution is -2.15. The smallest absolute Gasteiger partial charge is 0.168 e. The Bertz CT molecular complexity index is 1080. The molecule has 2 aliphatic rings. The third kappa shape index (κ3) is 4.14. The second-order valence-electron chi connectivity index (χ2n) is 7.77. The molecule has 2 fully saturated rings. The molecular weight excluding hydrogens is 378 g/mol. The fraction of sp³-hybridized carbons (Fsp3) is 0.348. The number of hydrogen-bond donors (Lipinski definition) is 1. The van der Waals surface area contributed by atoms with Crippen molar-refractivity contribution in [3.05, 3.63) is 60.0 Å². The number of pyridine rings is 1. The third-order valence-corrected chi connectivity index (χ3v) is 5.48. The molecule has 0 spiro atoms. The van der Waals surface area contributed by atoms with Gasteiger partial charge in [0.25, 0.3) is 0 Å². The summed E-state index contributed by atoms with van der Waals surface area (Å²) in [5, 5.41) is 17.2. The number of aromatic nitrogens is 3. The molecule has 30 heavy (non-hydrogen) atoms. The second-order valence-corrected chi connectivity index (χ2v) is 7.77. The highest BCUT2D eigenvalue weighted by Gasteiger charge is 2.29. The van der Waals surface area contributed by atoms with Crippen LogP contribution < -0.4 is 10.1 Å². The lowest BCUT2D eigenvalue weighted by molar-refractivity contribution is 0.0839. The van der Waals surface area contributed by atoms with Gasteiger partial charge in [-0.1, -0.05) is 6.07 Å². The highest BCUT2D eigenvalue weighted by Crippen LogP contribution is 2.40. The summed E-state index contributed by atoms with van der Waals surface area (Å²) in [6.07, 6.45) is 8.04. The van der Waals surface area contributed by atoms with Gasteiger partial charge in [0, 0.05) is 37.1 Å². The number of hydrogen-bond acceptors (Lipinski definition) is 6. The van der Waals surface area contributed by atoms with E-state index in [1.807, 2.05) is 30.5 Å². The number of benzene rings is 1. The lowest BCUT2D eigenvalue weighted by atomic mass is 9.96. The zero-order valence-electron chi connectivity index (χ0n) is 16.6. The van der Waals surface area contributed by atoms with E-state index < -0.39 is 0 Å². The van der Waals surface area contributed by atoms with Crippen LogP contribution in [0.15, 0.2) is 48.8 Å². The normalized spacial score (nSPS) is 16.8. The van der Waals surface area contributed by atoms with E-state index in [0.717, 1.165) is 43.2 Å². The van der Waals surface area contributed by atoms with Crippen molar-refractivity contribution < 1.29 is 9.47 Å². The molecule has 1 saturated carbocycles. The number of nitriles is 1. The van der Waals surface area contributed by atoms with Gasteiger partial charge in [-0.2, -0.15) is 10.4 Å². The van der Waals surface area contributed by atoms with E-state index in [1.54, 1.807) is 18.3 Å². The first-order chi connectivity index (χ1) is 14.8. The molecule has 1 aromatic carbocycles. The molecule has 0 bridgehead atoms. The molecule has 1 aliphatic heterocycles. The van der Waals surface area contributed by atoms with Crippen LogP contribution in [0.4, 0.5) is 11.5 Å². The summed E-state index contributed by atoms with van der Waals surface area (Å²) in [4.78, 5) is 4.38. The summed E-state index contributed by atoms with van der Waals surface area (Å²) in [5.74, 6) is 2.54. The molecule has 1 aliphatic carbocycles. The van der Waals surface area contributed by atoms with Crippen molar-refractivity contribution in [3.63, 3.8) is 0 Å². The predicted octanol–water partition coefficient (Wildman–Crippen LogP) is 4.91. The third-order valence-electron chi connectivity index (χ3n) is 5.48. The van der Waals surface area contributed by atoms with Crippen molar-refractivity contribution >= 4 is 11.5 Å². The first-order valence-corrected chi connectivity index (χ1v) is 10.4. The molecule has 1 N–H and O–H groups in total. The van der Waals surface area contributed by atoms with Crippen LogP contribution in [-0.4, -0.2) is 28.0 Å². The van der Waals surface area contributed by atoms with E-state index in [2.05, 4.69) is 21.1 Å². The summed E-state index contributed by atoms with van der Waals surface area (Å²) >= 11 is 0. The number of anilines is 2. The van der Waals surface area contributed by atoms with Crippen LogP contribution in [0.3, 0.4) is 0 Å². The van der Waals surface area contributed by atoms with Gasteiger partial charge in [-0.05, 0) is 49.9 Å². The molecule has 1 saturated heterocycles. The zero-order chi connectivity index (χ0) is 20.3. The quantitative estimate of drug-likeness (QED) is 0.631. The van der Waals surface area contributed by atoms with E-state index in [0.29, 0.717) is 29.1 Å². The molecule has 7 heteroatoms. The van der Waals surface area contributed by atoms with Gasteiger partial charge in [0.05, 0.1) is 23.9 Å². The van der Waals surface area contributed by atoms with Crippen LogP contribution in [0.1, 0.15) is 48.9 Å². The number of rotatable bonds is 6. The Morgan fingerprint density at radius 3 is 2.80 bits per heavy atom. The molecule has 0 amide bonds. The SMILES string of the molecule is N#Cc1cccc(Nc2cc(Oc3cn(C4CC4)nc3C3CCOCC3)ccn2)c1. The van der Waals surface area contributed by atoms with Gasteiger partial charge >= 0.3 is 0 Å². The minimum absolute atomic E-state index is 0.363. The summed E-state index contributed by atoms with van der Waals surface area (Å²) in [6.45, 7) is 1.54.